The van der Waals surface area contributed by atoms with E-state index in [4.69, 9.17) is 11.0 Å². The third-order valence-electron chi connectivity index (χ3n) is 1.88. The van der Waals surface area contributed by atoms with Gasteiger partial charge in [0.1, 0.15) is 0 Å². The molecular weight excluding hydrogens is 236 g/mol. The molecule has 88 valence electrons. The Morgan fingerprint density at radius 3 is 3.00 bits per heavy atom. The fraction of sp³-hybridized carbons (Fsp3) is 0.182. The van der Waals surface area contributed by atoms with Gasteiger partial charge in [0.15, 0.2) is 11.4 Å². The number of thioether (sulfide) groups is 1. The van der Waals surface area contributed by atoms with Crippen LogP contribution in [-0.2, 0) is 11.2 Å². The van der Waals surface area contributed by atoms with E-state index < -0.39 is 0 Å². The van der Waals surface area contributed by atoms with E-state index in [2.05, 4.69) is 10.3 Å². The highest BCUT2D eigenvalue weighted by molar-refractivity contribution is 8.13. The predicted octanol–water partition coefficient (Wildman–Crippen LogP) is 1.14. The number of nitrogens with two attached hydrogens (primary N) is 1. The van der Waals surface area contributed by atoms with Gasteiger partial charge in [0.2, 0.25) is 5.91 Å². The maximum atomic E-state index is 10.8. The number of amidine groups is 1. The molecule has 3 N–H and O–H groups in total. The maximum absolute atomic E-state index is 10.8. The fourth-order valence-electron chi connectivity index (χ4n) is 1.23. The third-order valence-corrected chi connectivity index (χ3v) is 2.46. The van der Waals surface area contributed by atoms with Gasteiger partial charge in [-0.3, -0.25) is 10.1 Å². The lowest BCUT2D eigenvalue weighted by Crippen LogP contribution is -2.13. The summed E-state index contributed by atoms with van der Waals surface area (Å²) in [6.07, 6.45) is 3.81. The average Bonchev–Trinajstić information content (AvgIpc) is 2.28. The van der Waals surface area contributed by atoms with Crippen LogP contribution < -0.4 is 11.1 Å². The first-order valence-electron chi connectivity index (χ1n) is 4.80. The van der Waals surface area contributed by atoms with Crippen LogP contribution in [0.3, 0.4) is 0 Å². The van der Waals surface area contributed by atoms with Crippen LogP contribution in [0.1, 0.15) is 5.56 Å². The van der Waals surface area contributed by atoms with E-state index in [1.54, 1.807) is 24.3 Å². The van der Waals surface area contributed by atoms with E-state index in [1.165, 1.54) is 11.8 Å². The molecule has 0 bridgehead atoms. The van der Waals surface area contributed by atoms with Crippen molar-refractivity contribution in [3.05, 3.63) is 29.8 Å². The molecule has 1 aromatic rings. The number of rotatable bonds is 3. The van der Waals surface area contributed by atoms with E-state index in [9.17, 15) is 4.79 Å². The molecule has 0 aliphatic rings. The summed E-state index contributed by atoms with van der Waals surface area (Å²) in [6, 6.07) is 7.15. The molecule has 5 nitrogen and oxygen atoms in total. The summed E-state index contributed by atoms with van der Waals surface area (Å²) in [5, 5.41) is 11.5. The second kappa shape index (κ2) is 6.55. The molecule has 6 heteroatoms. The molecule has 0 fully saturated rings. The predicted molar refractivity (Wildman–Crippen MR) is 68.7 cm³/mol. The van der Waals surface area contributed by atoms with Crippen LogP contribution in [0, 0.1) is 11.5 Å². The molecule has 0 aromatic heterocycles. The molecule has 0 unspecified atom stereocenters. The number of carbonyl (C=O) groups is 1. The minimum atomic E-state index is -0.383. The fourth-order valence-corrected chi connectivity index (χ4v) is 1.57. The Morgan fingerprint density at radius 1 is 1.65 bits per heavy atom. The van der Waals surface area contributed by atoms with Gasteiger partial charge in [-0.25, -0.2) is 4.99 Å². The summed E-state index contributed by atoms with van der Waals surface area (Å²) in [5.41, 5.74) is 6.59. The molecular formula is C11H12N4OS. The van der Waals surface area contributed by atoms with Gasteiger partial charge in [0.05, 0.1) is 12.1 Å². The van der Waals surface area contributed by atoms with Crippen molar-refractivity contribution in [1.29, 1.82) is 5.26 Å². The molecule has 17 heavy (non-hydrogen) atoms. The van der Waals surface area contributed by atoms with Crippen LogP contribution in [0.25, 0.3) is 0 Å². The molecule has 1 aromatic carbocycles. The van der Waals surface area contributed by atoms with Crippen LogP contribution in [0.4, 0.5) is 5.69 Å². The molecule has 0 radical (unpaired) electrons. The highest BCUT2D eigenvalue weighted by atomic mass is 32.2. The maximum Gasteiger partial charge on any atom is 0.221 e. The van der Waals surface area contributed by atoms with E-state index in [-0.39, 0.29) is 12.3 Å². The lowest BCUT2D eigenvalue weighted by atomic mass is 10.1. The largest absolute Gasteiger partial charge is 0.369 e. The minimum Gasteiger partial charge on any atom is -0.369 e. The van der Waals surface area contributed by atoms with E-state index in [0.717, 1.165) is 5.56 Å². The first-order valence-corrected chi connectivity index (χ1v) is 6.03. The molecule has 0 saturated carbocycles. The van der Waals surface area contributed by atoms with Crippen molar-refractivity contribution in [2.45, 2.75) is 6.42 Å². The van der Waals surface area contributed by atoms with Gasteiger partial charge in [-0.05, 0) is 24.0 Å². The summed E-state index contributed by atoms with van der Waals surface area (Å²) in [5.74, 6) is -0.383. The average molecular weight is 248 g/mol. The van der Waals surface area contributed by atoms with Crippen LogP contribution in [0.15, 0.2) is 29.3 Å². The Labute approximate surface area is 104 Å². The topological polar surface area (TPSA) is 91.3 Å². The standard InChI is InChI=1S/C11H12N4OS/c1-17-11(14-7-12)15-9-4-2-3-8(5-9)6-10(13)16/h2-5H,6H2,1H3,(H2,13,16)(H,14,15). The summed E-state index contributed by atoms with van der Waals surface area (Å²) >= 11 is 1.33. The van der Waals surface area contributed by atoms with E-state index >= 15 is 0 Å². The normalized spacial score (nSPS) is 10.7. The number of amides is 1. The van der Waals surface area contributed by atoms with E-state index in [0.29, 0.717) is 10.9 Å². The van der Waals surface area contributed by atoms with Crippen LogP contribution in [0.2, 0.25) is 0 Å². The highest BCUT2D eigenvalue weighted by Crippen LogP contribution is 2.16. The quantitative estimate of drug-likeness (QED) is 0.363. The van der Waals surface area contributed by atoms with Crippen LogP contribution in [-0.4, -0.2) is 17.3 Å². The Morgan fingerprint density at radius 2 is 2.41 bits per heavy atom. The molecule has 1 rings (SSSR count). The minimum absolute atomic E-state index is 0.184. The lowest BCUT2D eigenvalue weighted by Gasteiger charge is -2.02. The molecule has 1 amide bonds. The summed E-state index contributed by atoms with van der Waals surface area (Å²) in [4.78, 5) is 15.0. The second-order valence-corrected chi connectivity index (χ2v) is 3.97. The van der Waals surface area contributed by atoms with Crippen LogP contribution in [0.5, 0.6) is 0 Å². The zero-order chi connectivity index (χ0) is 12.7. The van der Waals surface area contributed by atoms with Gasteiger partial charge in [-0.2, -0.15) is 5.26 Å². The summed E-state index contributed by atoms with van der Waals surface area (Å²) in [6.45, 7) is 0. The number of nitriles is 1. The molecule has 0 spiro atoms. The summed E-state index contributed by atoms with van der Waals surface area (Å²) < 4.78 is 0. The Bertz CT molecular complexity index is 479. The van der Waals surface area contributed by atoms with Crippen molar-refractivity contribution in [3.8, 4) is 6.19 Å². The Balaban J connectivity index is 2.91. The van der Waals surface area contributed by atoms with Gasteiger partial charge in [-0.1, -0.05) is 23.9 Å². The van der Waals surface area contributed by atoms with Gasteiger partial charge in [0.25, 0.3) is 0 Å². The Hall–Kier alpha value is -2.00. The molecule has 0 aliphatic carbocycles. The number of primary amides is 1. The smallest absolute Gasteiger partial charge is 0.221 e. The molecule has 0 saturated heterocycles. The van der Waals surface area contributed by atoms with Crippen molar-refractivity contribution < 1.29 is 4.79 Å². The Kier molecular flexibility index (Phi) is 5.04. The monoisotopic (exact) mass is 248 g/mol. The summed E-state index contributed by atoms with van der Waals surface area (Å²) in [7, 11) is 0. The van der Waals surface area contributed by atoms with Crippen molar-refractivity contribution in [2.24, 2.45) is 10.7 Å². The van der Waals surface area contributed by atoms with E-state index in [1.807, 2.05) is 12.4 Å². The number of hydrogen-bond donors (Lipinski definition) is 2. The van der Waals surface area contributed by atoms with Gasteiger partial charge >= 0.3 is 0 Å². The second-order valence-electron chi connectivity index (χ2n) is 3.17. The highest BCUT2D eigenvalue weighted by Gasteiger charge is 2.00. The number of nitrogens with one attached hydrogen (secondary N) is 1. The van der Waals surface area contributed by atoms with Crippen molar-refractivity contribution in [3.63, 3.8) is 0 Å². The van der Waals surface area contributed by atoms with Crippen molar-refractivity contribution >= 4 is 28.5 Å². The first-order chi connectivity index (χ1) is 8.15. The SMILES string of the molecule is CSC(=Nc1cccc(CC(N)=O)c1)NC#N. The number of nitrogens with zero attached hydrogens (tertiary/aromatic N) is 2. The van der Waals surface area contributed by atoms with Crippen molar-refractivity contribution in [2.75, 3.05) is 6.26 Å². The number of benzene rings is 1. The third kappa shape index (κ3) is 4.57. The molecule has 0 heterocycles. The zero-order valence-electron chi connectivity index (χ0n) is 9.30. The number of hydrogen-bond acceptors (Lipinski definition) is 4. The number of carbonyl (C=O) groups excluding carboxylic acids is 1. The first kappa shape index (κ1) is 13.1. The number of aliphatic imine (C=N–C) groups is 1. The van der Waals surface area contributed by atoms with Gasteiger partial charge in [-0.15, -0.1) is 0 Å². The lowest BCUT2D eigenvalue weighted by molar-refractivity contribution is -0.117. The zero-order valence-corrected chi connectivity index (χ0v) is 10.1. The van der Waals surface area contributed by atoms with Crippen LogP contribution >= 0.6 is 11.8 Å². The molecule has 0 aliphatic heterocycles. The van der Waals surface area contributed by atoms with Crippen molar-refractivity contribution in [1.82, 2.24) is 5.32 Å². The molecule has 0 atom stereocenters. The van der Waals surface area contributed by atoms with Gasteiger partial charge in [0, 0.05) is 0 Å². The van der Waals surface area contributed by atoms with Gasteiger partial charge < -0.3 is 5.73 Å².